The molecule has 3 heteroatoms. The normalized spacial score (nSPS) is 21.8. The van der Waals surface area contributed by atoms with Crippen molar-refractivity contribution in [2.45, 2.75) is 65.2 Å². The molecule has 1 aromatic rings. The Kier molecular flexibility index (Phi) is 5.57. The van der Waals surface area contributed by atoms with E-state index in [1.54, 1.807) is 30.9 Å². The minimum Gasteiger partial charge on any atom is -0.426 e. The predicted molar refractivity (Wildman–Crippen MR) is 92.8 cm³/mol. The van der Waals surface area contributed by atoms with Gasteiger partial charge in [-0.2, -0.15) is 0 Å². The number of hydrogen-bond acceptors (Lipinski definition) is 2. The van der Waals surface area contributed by atoms with Gasteiger partial charge in [0.05, 0.1) is 5.92 Å². The monoisotopic (exact) mass is 330 g/mol. The maximum absolute atomic E-state index is 13.6. The van der Waals surface area contributed by atoms with Gasteiger partial charge in [0.2, 0.25) is 0 Å². The minimum absolute atomic E-state index is 0.0463. The van der Waals surface area contributed by atoms with Gasteiger partial charge in [0.1, 0.15) is 11.6 Å². The number of carbonyl (C=O) groups excluding carboxylic acids is 1. The van der Waals surface area contributed by atoms with Gasteiger partial charge in [-0.15, -0.1) is 0 Å². The van der Waals surface area contributed by atoms with E-state index in [4.69, 9.17) is 4.74 Å². The van der Waals surface area contributed by atoms with E-state index in [-0.39, 0.29) is 17.7 Å². The van der Waals surface area contributed by atoms with E-state index in [1.807, 2.05) is 0 Å². The summed E-state index contributed by atoms with van der Waals surface area (Å²) in [5.41, 5.74) is 0.562. The Balaban J connectivity index is 1.49. The van der Waals surface area contributed by atoms with Gasteiger partial charge in [0.15, 0.2) is 0 Å². The highest BCUT2D eigenvalue weighted by Crippen LogP contribution is 2.43. The van der Waals surface area contributed by atoms with Gasteiger partial charge in [-0.25, -0.2) is 4.39 Å². The van der Waals surface area contributed by atoms with Crippen molar-refractivity contribution in [1.29, 1.82) is 0 Å². The first kappa shape index (κ1) is 17.4. The van der Waals surface area contributed by atoms with E-state index in [0.29, 0.717) is 11.3 Å². The zero-order valence-electron chi connectivity index (χ0n) is 14.7. The van der Waals surface area contributed by atoms with Gasteiger partial charge in [-0.3, -0.25) is 4.79 Å². The third-order valence-corrected chi connectivity index (χ3v) is 5.74. The summed E-state index contributed by atoms with van der Waals surface area (Å²) < 4.78 is 19.0. The summed E-state index contributed by atoms with van der Waals surface area (Å²) in [6, 6.07) is 4.61. The summed E-state index contributed by atoms with van der Waals surface area (Å²) in [6.07, 6.45) is 8.95. The molecule has 2 aliphatic carbocycles. The van der Waals surface area contributed by atoms with Crippen molar-refractivity contribution in [3.63, 3.8) is 0 Å². The van der Waals surface area contributed by atoms with Crippen molar-refractivity contribution in [3.8, 4) is 5.75 Å². The SMILES string of the molecule is C[C]1CCC([C]2CCC(C(=O)Oc3ccc(C)c(F)c3)CC2)CC1. The van der Waals surface area contributed by atoms with Crippen LogP contribution in [0.5, 0.6) is 5.75 Å². The van der Waals surface area contributed by atoms with Crippen LogP contribution in [0.25, 0.3) is 0 Å². The van der Waals surface area contributed by atoms with Crippen molar-refractivity contribution in [2.24, 2.45) is 11.8 Å². The third kappa shape index (κ3) is 4.17. The Bertz CT molecular complexity index is 567. The molecule has 0 atom stereocenters. The summed E-state index contributed by atoms with van der Waals surface area (Å²) in [6.45, 7) is 3.96. The molecule has 0 amide bonds. The fraction of sp³-hybridized carbons (Fsp3) is 0.571. The van der Waals surface area contributed by atoms with Crippen molar-refractivity contribution in [3.05, 3.63) is 41.4 Å². The second-order valence-corrected chi connectivity index (χ2v) is 7.50. The average molecular weight is 330 g/mol. The fourth-order valence-corrected chi connectivity index (χ4v) is 3.99. The predicted octanol–water partition coefficient (Wildman–Crippen LogP) is 5.59. The molecule has 0 aromatic heterocycles. The number of benzene rings is 1. The van der Waals surface area contributed by atoms with Crippen LogP contribution >= 0.6 is 0 Å². The van der Waals surface area contributed by atoms with Gasteiger partial charge < -0.3 is 4.74 Å². The molecule has 0 unspecified atom stereocenters. The molecule has 1 aromatic carbocycles. The number of ether oxygens (including phenoxy) is 1. The molecule has 0 spiro atoms. The quantitative estimate of drug-likeness (QED) is 0.533. The second kappa shape index (κ2) is 7.67. The molecule has 2 saturated carbocycles. The zero-order valence-corrected chi connectivity index (χ0v) is 14.7. The maximum atomic E-state index is 13.6. The van der Waals surface area contributed by atoms with Gasteiger partial charge in [-0.05, 0) is 87.7 Å². The average Bonchev–Trinajstić information content (AvgIpc) is 2.59. The first-order valence-electron chi connectivity index (χ1n) is 9.16. The van der Waals surface area contributed by atoms with Crippen LogP contribution in [0.15, 0.2) is 18.2 Å². The van der Waals surface area contributed by atoms with Crippen molar-refractivity contribution in [1.82, 2.24) is 0 Å². The highest BCUT2D eigenvalue weighted by atomic mass is 19.1. The molecule has 0 aliphatic heterocycles. The van der Waals surface area contributed by atoms with E-state index >= 15 is 0 Å². The van der Waals surface area contributed by atoms with Gasteiger partial charge >= 0.3 is 5.97 Å². The lowest BCUT2D eigenvalue weighted by molar-refractivity contribution is -0.139. The Morgan fingerprint density at radius 3 is 2.33 bits per heavy atom. The molecule has 2 nitrogen and oxygen atoms in total. The van der Waals surface area contributed by atoms with Crippen LogP contribution in [0, 0.1) is 36.4 Å². The first-order chi connectivity index (χ1) is 11.5. The van der Waals surface area contributed by atoms with Crippen molar-refractivity contribution >= 4 is 5.97 Å². The van der Waals surface area contributed by atoms with E-state index in [1.165, 1.54) is 31.7 Å². The molecule has 0 saturated heterocycles. The zero-order chi connectivity index (χ0) is 17.1. The first-order valence-corrected chi connectivity index (χ1v) is 9.16. The van der Waals surface area contributed by atoms with Crippen LogP contribution < -0.4 is 4.74 Å². The molecule has 2 radical (unpaired) electrons. The maximum Gasteiger partial charge on any atom is 0.314 e. The summed E-state index contributed by atoms with van der Waals surface area (Å²) in [7, 11) is 0. The minimum atomic E-state index is -0.330. The van der Waals surface area contributed by atoms with Crippen LogP contribution in [-0.2, 0) is 4.79 Å². The summed E-state index contributed by atoms with van der Waals surface area (Å²) in [5, 5.41) is 0. The standard InChI is InChI=1S/C21H27FO2/c1-14-3-6-16(7-4-14)17-8-10-18(11-9-17)21(23)24-19-12-5-15(2)20(22)13-19/h5,12-13,16,18H,3-4,6-11H2,1-2H3. The third-order valence-electron chi connectivity index (χ3n) is 5.74. The topological polar surface area (TPSA) is 26.3 Å². The number of rotatable bonds is 3. The Hall–Kier alpha value is -1.38. The van der Waals surface area contributed by atoms with Crippen LogP contribution in [0.1, 0.15) is 63.9 Å². The number of halogens is 1. The number of hydrogen-bond donors (Lipinski definition) is 0. The Labute approximate surface area is 144 Å². The number of aryl methyl sites for hydroxylation is 1. The fourth-order valence-electron chi connectivity index (χ4n) is 3.99. The second-order valence-electron chi connectivity index (χ2n) is 7.50. The van der Waals surface area contributed by atoms with Gasteiger partial charge in [0.25, 0.3) is 0 Å². The molecule has 3 rings (SSSR count). The highest BCUT2D eigenvalue weighted by molar-refractivity contribution is 5.75. The molecular formula is C21H27FO2. The number of carbonyl (C=O) groups is 1. The van der Waals surface area contributed by atoms with E-state index < -0.39 is 0 Å². The largest absolute Gasteiger partial charge is 0.426 e. The van der Waals surface area contributed by atoms with Crippen LogP contribution in [-0.4, -0.2) is 5.97 Å². The lowest BCUT2D eigenvalue weighted by atomic mass is 9.69. The molecule has 2 aliphatic rings. The highest BCUT2D eigenvalue weighted by Gasteiger charge is 2.33. The van der Waals surface area contributed by atoms with Gasteiger partial charge in [-0.1, -0.05) is 13.0 Å². The summed E-state index contributed by atoms with van der Waals surface area (Å²) >= 11 is 0. The number of esters is 1. The lowest BCUT2D eigenvalue weighted by Crippen LogP contribution is -2.28. The van der Waals surface area contributed by atoms with Crippen molar-refractivity contribution < 1.29 is 13.9 Å². The molecule has 0 bridgehead atoms. The molecular weight excluding hydrogens is 303 g/mol. The van der Waals surface area contributed by atoms with E-state index in [9.17, 15) is 9.18 Å². The van der Waals surface area contributed by atoms with Crippen LogP contribution in [0.3, 0.4) is 0 Å². The van der Waals surface area contributed by atoms with Gasteiger partial charge in [0, 0.05) is 6.07 Å². The molecule has 2 fully saturated rings. The smallest absolute Gasteiger partial charge is 0.314 e. The van der Waals surface area contributed by atoms with Crippen LogP contribution in [0.2, 0.25) is 0 Å². The molecule has 24 heavy (non-hydrogen) atoms. The van der Waals surface area contributed by atoms with Crippen molar-refractivity contribution in [2.75, 3.05) is 0 Å². The Morgan fingerprint density at radius 2 is 1.71 bits per heavy atom. The lowest BCUT2D eigenvalue weighted by Gasteiger charge is -2.36. The van der Waals surface area contributed by atoms with Crippen LogP contribution in [0.4, 0.5) is 4.39 Å². The molecule has 0 heterocycles. The summed E-state index contributed by atoms with van der Waals surface area (Å²) in [5.74, 6) is 3.79. The molecule has 0 N–H and O–H groups in total. The van der Waals surface area contributed by atoms with E-state index in [0.717, 1.165) is 31.6 Å². The Morgan fingerprint density at radius 1 is 1.04 bits per heavy atom. The summed E-state index contributed by atoms with van der Waals surface area (Å²) in [4.78, 5) is 12.3. The van der Waals surface area contributed by atoms with E-state index in [2.05, 4.69) is 6.92 Å². The molecule has 130 valence electrons.